The van der Waals surface area contributed by atoms with Crippen LogP contribution >= 0.6 is 11.3 Å². The van der Waals surface area contributed by atoms with Crippen molar-refractivity contribution < 1.29 is 9.53 Å². The predicted octanol–water partition coefficient (Wildman–Crippen LogP) is 1.68. The first-order chi connectivity index (χ1) is 6.63. The maximum Gasteiger partial charge on any atom is 0.369 e. The number of hydrogen-bond donors (Lipinski definition) is 0. The van der Waals surface area contributed by atoms with Crippen LogP contribution in [0.1, 0.15) is 23.6 Å². The van der Waals surface area contributed by atoms with Crippen LogP contribution in [-0.4, -0.2) is 29.5 Å². The normalized spacial score (nSPS) is 10.2. The van der Waals surface area contributed by atoms with Crippen molar-refractivity contribution in [1.29, 1.82) is 0 Å². The molecule has 0 aromatic carbocycles. The summed E-state index contributed by atoms with van der Waals surface area (Å²) in [7, 11) is 0. The molecule has 0 saturated heterocycles. The fourth-order valence-electron chi connectivity index (χ4n) is 0.666. The molecule has 0 N–H and O–H groups in total. The fraction of sp³-hybridized carbons (Fsp3) is 0.500. The van der Waals surface area contributed by atoms with Crippen molar-refractivity contribution in [1.82, 2.24) is 10.2 Å². The van der Waals surface area contributed by atoms with E-state index in [0.29, 0.717) is 17.7 Å². The maximum atomic E-state index is 11.3. The van der Waals surface area contributed by atoms with Gasteiger partial charge in [-0.3, -0.25) is 0 Å². The SMILES string of the molecule is C=Nc1nnc(C(=O)OCC(C)C)s1. The lowest BCUT2D eigenvalue weighted by atomic mass is 10.2. The van der Waals surface area contributed by atoms with E-state index in [1.54, 1.807) is 0 Å². The summed E-state index contributed by atoms with van der Waals surface area (Å²) in [6, 6.07) is 0. The van der Waals surface area contributed by atoms with E-state index < -0.39 is 5.97 Å². The van der Waals surface area contributed by atoms with Crippen molar-refractivity contribution in [3.63, 3.8) is 0 Å². The summed E-state index contributed by atoms with van der Waals surface area (Å²) < 4.78 is 4.95. The molecule has 0 amide bonds. The minimum atomic E-state index is -0.453. The predicted molar refractivity (Wildman–Crippen MR) is 54.2 cm³/mol. The third kappa shape index (κ3) is 2.88. The van der Waals surface area contributed by atoms with Crippen molar-refractivity contribution in [2.45, 2.75) is 13.8 Å². The molecular formula is C8H11N3O2S. The number of hydrogen-bond acceptors (Lipinski definition) is 6. The Balaban J connectivity index is 2.56. The Morgan fingerprint density at radius 1 is 1.64 bits per heavy atom. The molecule has 0 atom stereocenters. The minimum absolute atomic E-state index is 0.216. The van der Waals surface area contributed by atoms with Gasteiger partial charge in [0.05, 0.1) is 6.61 Å². The Morgan fingerprint density at radius 3 is 2.86 bits per heavy atom. The zero-order chi connectivity index (χ0) is 10.6. The molecular weight excluding hydrogens is 202 g/mol. The number of rotatable bonds is 4. The van der Waals surface area contributed by atoms with Gasteiger partial charge >= 0.3 is 5.97 Å². The Morgan fingerprint density at radius 2 is 2.36 bits per heavy atom. The lowest BCUT2D eigenvalue weighted by Crippen LogP contribution is -2.09. The average molecular weight is 213 g/mol. The van der Waals surface area contributed by atoms with Gasteiger partial charge in [-0.15, -0.1) is 10.2 Å². The van der Waals surface area contributed by atoms with Crippen LogP contribution in [0.25, 0.3) is 0 Å². The molecule has 0 unspecified atom stereocenters. The summed E-state index contributed by atoms with van der Waals surface area (Å²) >= 11 is 1.07. The number of carbonyl (C=O) groups excluding carboxylic acids is 1. The van der Waals surface area contributed by atoms with Crippen LogP contribution in [0.3, 0.4) is 0 Å². The fourth-order valence-corrected chi connectivity index (χ4v) is 1.21. The van der Waals surface area contributed by atoms with Gasteiger partial charge in [0.25, 0.3) is 0 Å². The van der Waals surface area contributed by atoms with Crippen LogP contribution in [0.2, 0.25) is 0 Å². The molecule has 76 valence electrons. The largest absolute Gasteiger partial charge is 0.460 e. The summed E-state index contributed by atoms with van der Waals surface area (Å²) in [5, 5.41) is 7.84. The lowest BCUT2D eigenvalue weighted by molar-refractivity contribution is 0.0457. The molecule has 6 heteroatoms. The molecule has 0 radical (unpaired) electrons. The first-order valence-electron chi connectivity index (χ1n) is 4.11. The zero-order valence-electron chi connectivity index (χ0n) is 8.06. The van der Waals surface area contributed by atoms with E-state index in [4.69, 9.17) is 4.74 Å². The number of aromatic nitrogens is 2. The molecule has 1 aromatic rings. The van der Waals surface area contributed by atoms with Gasteiger partial charge in [0.15, 0.2) is 0 Å². The van der Waals surface area contributed by atoms with Crippen LogP contribution in [0.15, 0.2) is 4.99 Å². The van der Waals surface area contributed by atoms with Gasteiger partial charge in [-0.25, -0.2) is 9.79 Å². The van der Waals surface area contributed by atoms with Gasteiger partial charge in [0, 0.05) is 0 Å². The van der Waals surface area contributed by atoms with Gasteiger partial charge in [0.2, 0.25) is 10.1 Å². The Bertz CT molecular complexity index is 335. The van der Waals surface area contributed by atoms with Crippen molar-refractivity contribution in [2.75, 3.05) is 6.61 Å². The van der Waals surface area contributed by atoms with Gasteiger partial charge in [-0.1, -0.05) is 25.2 Å². The van der Waals surface area contributed by atoms with Crippen molar-refractivity contribution in [2.24, 2.45) is 10.9 Å². The molecule has 0 spiro atoms. The van der Waals surface area contributed by atoms with Crippen LogP contribution in [-0.2, 0) is 4.74 Å². The second-order valence-corrected chi connectivity index (χ2v) is 4.00. The second-order valence-electron chi connectivity index (χ2n) is 3.04. The van der Waals surface area contributed by atoms with E-state index >= 15 is 0 Å². The van der Waals surface area contributed by atoms with E-state index in [0.717, 1.165) is 11.3 Å². The number of carbonyl (C=O) groups is 1. The second kappa shape index (κ2) is 4.80. The molecule has 0 aliphatic carbocycles. The maximum absolute atomic E-state index is 11.3. The summed E-state index contributed by atoms with van der Waals surface area (Å²) in [5.41, 5.74) is 0. The van der Waals surface area contributed by atoms with Gasteiger partial charge in [0.1, 0.15) is 0 Å². The standard InChI is InChI=1S/C8H11N3O2S/c1-5(2)4-13-7(12)6-10-11-8(9-3)14-6/h5H,3-4H2,1-2H3. The minimum Gasteiger partial charge on any atom is -0.460 e. The molecule has 1 heterocycles. The summed E-state index contributed by atoms with van der Waals surface area (Å²) in [5.74, 6) is -0.144. The van der Waals surface area contributed by atoms with Gasteiger partial charge < -0.3 is 4.74 Å². The van der Waals surface area contributed by atoms with E-state index in [2.05, 4.69) is 21.9 Å². The van der Waals surface area contributed by atoms with Crippen LogP contribution in [0, 0.1) is 5.92 Å². The highest BCUT2D eigenvalue weighted by molar-refractivity contribution is 7.16. The molecule has 0 saturated carbocycles. The monoisotopic (exact) mass is 213 g/mol. The lowest BCUT2D eigenvalue weighted by Gasteiger charge is -2.03. The Labute approximate surface area is 85.8 Å². The smallest absolute Gasteiger partial charge is 0.369 e. The third-order valence-corrected chi connectivity index (χ3v) is 2.11. The highest BCUT2D eigenvalue weighted by Gasteiger charge is 2.13. The van der Waals surface area contributed by atoms with Gasteiger partial charge in [-0.05, 0) is 12.6 Å². The van der Waals surface area contributed by atoms with Gasteiger partial charge in [-0.2, -0.15) is 0 Å². The molecule has 0 aliphatic heterocycles. The Hall–Kier alpha value is -1.30. The van der Waals surface area contributed by atoms with E-state index in [9.17, 15) is 4.79 Å². The number of aliphatic imine (C=N–C) groups is 1. The van der Waals surface area contributed by atoms with E-state index in [1.165, 1.54) is 0 Å². The van der Waals surface area contributed by atoms with Crippen LogP contribution in [0.5, 0.6) is 0 Å². The molecule has 1 rings (SSSR count). The van der Waals surface area contributed by atoms with E-state index in [-0.39, 0.29) is 5.01 Å². The van der Waals surface area contributed by atoms with Crippen molar-refractivity contribution >= 4 is 29.2 Å². The van der Waals surface area contributed by atoms with Crippen molar-refractivity contribution in [3.05, 3.63) is 5.01 Å². The Kier molecular flexibility index (Phi) is 3.70. The summed E-state index contributed by atoms with van der Waals surface area (Å²) in [6.07, 6.45) is 0. The summed E-state index contributed by atoms with van der Waals surface area (Å²) in [4.78, 5) is 14.9. The van der Waals surface area contributed by atoms with Crippen molar-refractivity contribution in [3.8, 4) is 0 Å². The third-order valence-electron chi connectivity index (χ3n) is 1.27. The highest BCUT2D eigenvalue weighted by Crippen LogP contribution is 2.18. The first-order valence-corrected chi connectivity index (χ1v) is 4.92. The average Bonchev–Trinajstić information content (AvgIpc) is 2.62. The zero-order valence-corrected chi connectivity index (χ0v) is 8.87. The molecule has 0 aliphatic rings. The molecule has 0 bridgehead atoms. The number of nitrogens with zero attached hydrogens (tertiary/aromatic N) is 3. The number of ether oxygens (including phenoxy) is 1. The highest BCUT2D eigenvalue weighted by atomic mass is 32.1. The first kappa shape index (κ1) is 10.8. The van der Waals surface area contributed by atoms with Crippen LogP contribution in [0.4, 0.5) is 5.13 Å². The quantitative estimate of drug-likeness (QED) is 0.564. The van der Waals surface area contributed by atoms with Crippen LogP contribution < -0.4 is 0 Å². The number of esters is 1. The topological polar surface area (TPSA) is 64.4 Å². The van der Waals surface area contributed by atoms with E-state index in [1.807, 2.05) is 13.8 Å². The molecule has 14 heavy (non-hydrogen) atoms. The molecule has 5 nitrogen and oxygen atoms in total. The summed E-state index contributed by atoms with van der Waals surface area (Å²) in [6.45, 7) is 7.59. The molecule has 1 aromatic heterocycles. The molecule has 0 fully saturated rings.